The quantitative estimate of drug-likeness (QED) is 0.652. The van der Waals surface area contributed by atoms with Crippen LogP contribution in [0.3, 0.4) is 0 Å². The van der Waals surface area contributed by atoms with Crippen LogP contribution in [0, 0.1) is 0 Å². The van der Waals surface area contributed by atoms with Gasteiger partial charge in [-0.25, -0.2) is 9.67 Å². The first kappa shape index (κ1) is 18.8. The second kappa shape index (κ2) is 7.45. The lowest BCUT2D eigenvalue weighted by molar-refractivity contribution is -0.141. The van der Waals surface area contributed by atoms with Gasteiger partial charge in [0.1, 0.15) is 18.3 Å². The van der Waals surface area contributed by atoms with E-state index < -0.39 is 11.9 Å². The predicted molar refractivity (Wildman–Crippen MR) is 94.3 cm³/mol. The van der Waals surface area contributed by atoms with Crippen molar-refractivity contribution in [2.24, 2.45) is 0 Å². The van der Waals surface area contributed by atoms with E-state index in [0.29, 0.717) is 37.8 Å². The van der Waals surface area contributed by atoms with Crippen molar-refractivity contribution in [2.75, 3.05) is 31.1 Å². The normalized spacial score (nSPS) is 14.9. The Hall–Kier alpha value is -3.57. The molecule has 0 bridgehead atoms. The van der Waals surface area contributed by atoms with Crippen molar-refractivity contribution in [3.63, 3.8) is 0 Å². The standard InChI is InChI=1S/C17H15F3N8O/c18-17(19,20)13-2-1-12(9-22-13)16(29)27-7-5-26(6-8-27)14-3-4-15(25-24-14)28-11-21-10-23-28/h1-4,9-11H,5-8H2. The van der Waals surface area contributed by atoms with E-state index in [1.807, 2.05) is 4.90 Å². The second-order valence-corrected chi connectivity index (χ2v) is 6.30. The minimum absolute atomic E-state index is 0.128. The molecule has 0 spiro atoms. The first-order valence-electron chi connectivity index (χ1n) is 8.68. The van der Waals surface area contributed by atoms with E-state index in [-0.39, 0.29) is 11.5 Å². The Kier molecular flexibility index (Phi) is 4.82. The monoisotopic (exact) mass is 404 g/mol. The Morgan fingerprint density at radius 3 is 2.24 bits per heavy atom. The molecule has 3 aromatic rings. The zero-order valence-corrected chi connectivity index (χ0v) is 15.0. The minimum atomic E-state index is -4.53. The van der Waals surface area contributed by atoms with Crippen LogP contribution in [-0.4, -0.2) is 66.9 Å². The van der Waals surface area contributed by atoms with E-state index in [2.05, 4.69) is 25.3 Å². The van der Waals surface area contributed by atoms with Crippen LogP contribution in [0.4, 0.5) is 19.0 Å². The Balaban J connectivity index is 1.37. The highest BCUT2D eigenvalue weighted by Gasteiger charge is 2.32. The molecule has 0 N–H and O–H groups in total. The van der Waals surface area contributed by atoms with Crippen molar-refractivity contribution in [2.45, 2.75) is 6.18 Å². The number of hydrogen-bond donors (Lipinski definition) is 0. The summed E-state index contributed by atoms with van der Waals surface area (Å²) < 4.78 is 39.3. The number of amides is 1. The average molecular weight is 404 g/mol. The first-order valence-corrected chi connectivity index (χ1v) is 8.68. The summed E-state index contributed by atoms with van der Waals surface area (Å²) in [6.07, 6.45) is -0.647. The summed E-state index contributed by atoms with van der Waals surface area (Å²) in [5.41, 5.74) is -0.893. The van der Waals surface area contributed by atoms with Gasteiger partial charge in [-0.1, -0.05) is 0 Å². The molecule has 0 saturated carbocycles. The average Bonchev–Trinajstić information content (AvgIpc) is 3.28. The second-order valence-electron chi connectivity index (χ2n) is 6.30. The van der Waals surface area contributed by atoms with Gasteiger partial charge in [0.15, 0.2) is 11.6 Å². The summed E-state index contributed by atoms with van der Waals surface area (Å²) >= 11 is 0. The number of carbonyl (C=O) groups is 1. The third-order valence-corrected chi connectivity index (χ3v) is 4.48. The summed E-state index contributed by atoms with van der Waals surface area (Å²) in [4.78, 5) is 23.3. The van der Waals surface area contributed by atoms with Gasteiger partial charge in [0.05, 0.1) is 5.56 Å². The highest BCUT2D eigenvalue weighted by atomic mass is 19.4. The largest absolute Gasteiger partial charge is 0.433 e. The maximum absolute atomic E-state index is 12.6. The van der Waals surface area contributed by atoms with Crippen molar-refractivity contribution < 1.29 is 18.0 Å². The van der Waals surface area contributed by atoms with Crippen LogP contribution >= 0.6 is 0 Å². The van der Waals surface area contributed by atoms with Crippen LogP contribution in [0.1, 0.15) is 16.1 Å². The fourth-order valence-electron chi connectivity index (χ4n) is 2.94. The van der Waals surface area contributed by atoms with E-state index in [0.717, 1.165) is 18.3 Å². The number of aromatic nitrogens is 6. The van der Waals surface area contributed by atoms with Gasteiger partial charge in [-0.15, -0.1) is 10.2 Å². The number of alkyl halides is 3. The molecule has 0 aromatic carbocycles. The number of hydrogen-bond acceptors (Lipinski definition) is 7. The van der Waals surface area contributed by atoms with Crippen LogP contribution in [-0.2, 0) is 6.18 Å². The van der Waals surface area contributed by atoms with E-state index in [1.165, 1.54) is 17.3 Å². The summed E-state index contributed by atoms with van der Waals surface area (Å²) in [6, 6.07) is 5.54. The molecule has 29 heavy (non-hydrogen) atoms. The highest BCUT2D eigenvalue weighted by Crippen LogP contribution is 2.27. The van der Waals surface area contributed by atoms with Crippen LogP contribution in [0.25, 0.3) is 5.82 Å². The van der Waals surface area contributed by atoms with Gasteiger partial charge in [-0.05, 0) is 24.3 Å². The Morgan fingerprint density at radius 1 is 0.966 bits per heavy atom. The Morgan fingerprint density at radius 2 is 1.69 bits per heavy atom. The molecule has 0 unspecified atom stereocenters. The van der Waals surface area contributed by atoms with Gasteiger partial charge >= 0.3 is 6.18 Å². The number of halogens is 3. The molecule has 1 aliphatic heterocycles. The fourth-order valence-corrected chi connectivity index (χ4v) is 2.94. The minimum Gasteiger partial charge on any atom is -0.352 e. The molecule has 0 aliphatic carbocycles. The predicted octanol–water partition coefficient (Wildman–Crippen LogP) is 1.43. The lowest BCUT2D eigenvalue weighted by Crippen LogP contribution is -2.49. The number of piperazine rings is 1. The summed E-state index contributed by atoms with van der Waals surface area (Å²) in [6.45, 7) is 1.87. The van der Waals surface area contributed by atoms with Crippen molar-refractivity contribution in [1.29, 1.82) is 0 Å². The maximum Gasteiger partial charge on any atom is 0.433 e. The highest BCUT2D eigenvalue weighted by molar-refractivity contribution is 5.94. The number of rotatable bonds is 3. The Labute approximate surface area is 162 Å². The molecular weight excluding hydrogens is 389 g/mol. The number of nitrogens with zero attached hydrogens (tertiary/aromatic N) is 8. The van der Waals surface area contributed by atoms with E-state index in [9.17, 15) is 18.0 Å². The molecule has 1 fully saturated rings. The van der Waals surface area contributed by atoms with Crippen LogP contribution in [0.15, 0.2) is 43.1 Å². The van der Waals surface area contributed by atoms with Gasteiger partial charge in [0.25, 0.3) is 5.91 Å². The van der Waals surface area contributed by atoms with Crippen LogP contribution < -0.4 is 4.90 Å². The summed E-state index contributed by atoms with van der Waals surface area (Å²) in [5.74, 6) is 0.852. The van der Waals surface area contributed by atoms with Gasteiger partial charge in [0.2, 0.25) is 0 Å². The molecule has 1 aliphatic rings. The number of anilines is 1. The fraction of sp³-hybridized carbons (Fsp3) is 0.294. The molecule has 9 nitrogen and oxygen atoms in total. The number of carbonyl (C=O) groups excluding carboxylic acids is 1. The topological polar surface area (TPSA) is 92.9 Å². The third-order valence-electron chi connectivity index (χ3n) is 4.48. The molecule has 1 amide bonds. The Bertz CT molecular complexity index is 965. The molecule has 0 radical (unpaired) electrons. The van der Waals surface area contributed by atoms with E-state index in [1.54, 1.807) is 17.0 Å². The van der Waals surface area contributed by atoms with Crippen molar-refractivity contribution >= 4 is 11.7 Å². The number of pyridine rings is 1. The van der Waals surface area contributed by atoms with Crippen LogP contribution in [0.2, 0.25) is 0 Å². The molecule has 1 saturated heterocycles. The molecule has 150 valence electrons. The lowest BCUT2D eigenvalue weighted by Gasteiger charge is -2.35. The first-order chi connectivity index (χ1) is 13.9. The van der Waals surface area contributed by atoms with E-state index in [4.69, 9.17) is 0 Å². The molecule has 4 heterocycles. The van der Waals surface area contributed by atoms with Crippen molar-refractivity contribution in [1.82, 2.24) is 34.8 Å². The van der Waals surface area contributed by atoms with E-state index >= 15 is 0 Å². The zero-order chi connectivity index (χ0) is 20.4. The van der Waals surface area contributed by atoms with Crippen molar-refractivity contribution in [3.05, 3.63) is 54.4 Å². The molecule has 4 rings (SSSR count). The molecule has 0 atom stereocenters. The molecule has 12 heteroatoms. The van der Waals surface area contributed by atoms with Crippen LogP contribution in [0.5, 0.6) is 0 Å². The third kappa shape index (κ3) is 4.00. The maximum atomic E-state index is 12.6. The SMILES string of the molecule is O=C(c1ccc(C(F)(F)F)nc1)N1CCN(c2ccc(-n3cncn3)nn2)CC1. The van der Waals surface area contributed by atoms with Gasteiger partial charge in [-0.3, -0.25) is 9.78 Å². The molecule has 3 aromatic heterocycles. The summed E-state index contributed by atoms with van der Waals surface area (Å²) in [7, 11) is 0. The summed E-state index contributed by atoms with van der Waals surface area (Å²) in [5, 5.41) is 12.3. The van der Waals surface area contributed by atoms with Crippen molar-refractivity contribution in [3.8, 4) is 5.82 Å². The van der Waals surface area contributed by atoms with Gasteiger partial charge in [-0.2, -0.15) is 18.3 Å². The lowest BCUT2D eigenvalue weighted by atomic mass is 10.2. The zero-order valence-electron chi connectivity index (χ0n) is 15.0. The van der Waals surface area contributed by atoms with Gasteiger partial charge in [0, 0.05) is 32.4 Å². The van der Waals surface area contributed by atoms with Gasteiger partial charge < -0.3 is 9.80 Å². The smallest absolute Gasteiger partial charge is 0.352 e. The molecular formula is C17H15F3N8O.